The lowest BCUT2D eigenvalue weighted by molar-refractivity contribution is -0.122. The molecule has 0 heterocycles. The van der Waals surface area contributed by atoms with E-state index in [2.05, 4.69) is 15.9 Å². The Hall–Kier alpha value is -1.60. The summed E-state index contributed by atoms with van der Waals surface area (Å²) in [4.78, 5) is 12.4. The second-order valence-electron chi connectivity index (χ2n) is 3.33. The maximum absolute atomic E-state index is 11.5. The number of halogens is 1. The number of benzene rings is 1. The van der Waals surface area contributed by atoms with Gasteiger partial charge in [-0.2, -0.15) is 5.26 Å². The minimum absolute atomic E-state index is 0.319. The van der Waals surface area contributed by atoms with Crippen LogP contribution in [0.4, 0.5) is 0 Å². The van der Waals surface area contributed by atoms with Gasteiger partial charge in [-0.05, 0) is 30.2 Å². The molecule has 0 spiro atoms. The van der Waals surface area contributed by atoms with Crippen molar-refractivity contribution < 1.29 is 4.79 Å². The molecule has 0 fully saturated rings. The molecule has 3 nitrogen and oxygen atoms in total. The number of nitrogens with zero attached hydrogens (tertiary/aromatic N) is 2. The van der Waals surface area contributed by atoms with E-state index >= 15 is 0 Å². The standard InChI is InChI=1S/C12H11BrN2O.2C2H6/c1-9(6-12(16)15(2)8-14)10-4-3-5-11(13)7-10;2*1-2/h3-7H,1-2H3;2*1-2H3/b9-6+;;. The van der Waals surface area contributed by atoms with Crippen LogP contribution >= 0.6 is 15.9 Å². The SMILES string of the molecule is C/C(=C\C(=O)N(C)C#N)c1cccc(Br)c1.CC.CC. The van der Waals surface area contributed by atoms with Crippen molar-refractivity contribution in [2.24, 2.45) is 0 Å². The van der Waals surface area contributed by atoms with Crippen LogP contribution in [0.2, 0.25) is 0 Å². The number of likely N-dealkylation sites (N-methyl/N-ethyl adjacent to an activating group) is 1. The third-order valence-corrected chi connectivity index (χ3v) is 2.59. The first-order valence-corrected chi connectivity index (χ1v) is 7.45. The molecule has 0 atom stereocenters. The lowest BCUT2D eigenvalue weighted by Crippen LogP contribution is -2.18. The molecule has 1 amide bonds. The van der Waals surface area contributed by atoms with Gasteiger partial charge in [0.15, 0.2) is 6.19 Å². The van der Waals surface area contributed by atoms with Crippen LogP contribution in [-0.4, -0.2) is 17.9 Å². The minimum atomic E-state index is -0.319. The van der Waals surface area contributed by atoms with E-state index in [4.69, 9.17) is 5.26 Å². The Labute approximate surface area is 131 Å². The molecule has 110 valence electrons. The predicted octanol–water partition coefficient (Wildman–Crippen LogP) is 4.84. The van der Waals surface area contributed by atoms with Crippen molar-refractivity contribution in [1.82, 2.24) is 4.90 Å². The zero-order valence-corrected chi connectivity index (χ0v) is 14.7. The Morgan fingerprint density at radius 1 is 1.30 bits per heavy atom. The first-order valence-electron chi connectivity index (χ1n) is 6.66. The fourth-order valence-corrected chi connectivity index (χ4v) is 1.55. The third-order valence-electron chi connectivity index (χ3n) is 2.10. The number of nitriles is 1. The number of hydrogen-bond acceptors (Lipinski definition) is 2. The van der Waals surface area contributed by atoms with E-state index < -0.39 is 0 Å². The van der Waals surface area contributed by atoms with E-state index in [9.17, 15) is 4.79 Å². The van der Waals surface area contributed by atoms with Gasteiger partial charge in [0.05, 0.1) is 0 Å². The van der Waals surface area contributed by atoms with Crippen LogP contribution in [0.25, 0.3) is 5.57 Å². The lowest BCUT2D eigenvalue weighted by atomic mass is 10.1. The van der Waals surface area contributed by atoms with Crippen molar-refractivity contribution >= 4 is 27.4 Å². The van der Waals surface area contributed by atoms with Gasteiger partial charge in [-0.15, -0.1) is 0 Å². The number of allylic oxidation sites excluding steroid dienone is 1. The van der Waals surface area contributed by atoms with Crippen LogP contribution < -0.4 is 0 Å². The normalized spacial score (nSPS) is 9.20. The first kappa shape index (κ1) is 20.7. The molecule has 0 aromatic heterocycles. The summed E-state index contributed by atoms with van der Waals surface area (Å²) in [6, 6.07) is 7.65. The van der Waals surface area contributed by atoms with Gasteiger partial charge < -0.3 is 0 Å². The van der Waals surface area contributed by atoms with Gasteiger partial charge >= 0.3 is 0 Å². The molecule has 1 aromatic rings. The summed E-state index contributed by atoms with van der Waals surface area (Å²) in [7, 11) is 1.44. The Kier molecular flexibility index (Phi) is 12.9. The smallest absolute Gasteiger partial charge is 0.259 e. The number of carbonyl (C=O) groups is 1. The van der Waals surface area contributed by atoms with Crippen LogP contribution in [0.15, 0.2) is 34.8 Å². The molecular weight excluding hydrogens is 316 g/mol. The maximum Gasteiger partial charge on any atom is 0.259 e. The Balaban J connectivity index is 0. The fraction of sp³-hybridized carbons (Fsp3) is 0.375. The van der Waals surface area contributed by atoms with Crippen LogP contribution in [0.1, 0.15) is 40.2 Å². The van der Waals surface area contributed by atoms with Gasteiger partial charge in [0, 0.05) is 17.6 Å². The van der Waals surface area contributed by atoms with E-state index in [1.54, 1.807) is 6.19 Å². The quantitative estimate of drug-likeness (QED) is 0.439. The zero-order chi connectivity index (χ0) is 16.1. The maximum atomic E-state index is 11.5. The molecule has 1 aromatic carbocycles. The Morgan fingerprint density at radius 3 is 2.30 bits per heavy atom. The van der Waals surface area contributed by atoms with E-state index in [-0.39, 0.29) is 5.91 Å². The molecule has 0 aliphatic carbocycles. The molecule has 0 bridgehead atoms. The third kappa shape index (κ3) is 7.75. The average Bonchev–Trinajstić information content (AvgIpc) is 2.50. The van der Waals surface area contributed by atoms with Crippen LogP contribution in [0.5, 0.6) is 0 Å². The van der Waals surface area contributed by atoms with E-state index in [1.807, 2.05) is 58.9 Å². The number of rotatable bonds is 2. The topological polar surface area (TPSA) is 44.1 Å². The molecule has 0 unspecified atom stereocenters. The van der Waals surface area contributed by atoms with E-state index in [0.29, 0.717) is 0 Å². The van der Waals surface area contributed by atoms with Gasteiger partial charge in [0.25, 0.3) is 5.91 Å². The van der Waals surface area contributed by atoms with Crippen LogP contribution in [0, 0.1) is 11.5 Å². The monoisotopic (exact) mass is 338 g/mol. The van der Waals surface area contributed by atoms with E-state index in [0.717, 1.165) is 20.5 Å². The highest BCUT2D eigenvalue weighted by Gasteiger charge is 2.05. The zero-order valence-electron chi connectivity index (χ0n) is 13.1. The summed E-state index contributed by atoms with van der Waals surface area (Å²) in [6.07, 6.45) is 3.21. The highest BCUT2D eigenvalue weighted by molar-refractivity contribution is 9.10. The number of amides is 1. The largest absolute Gasteiger partial charge is 0.269 e. The molecule has 0 saturated heterocycles. The molecule has 4 heteroatoms. The lowest BCUT2D eigenvalue weighted by Gasteiger charge is -2.05. The summed E-state index contributed by atoms with van der Waals surface area (Å²) in [5.41, 5.74) is 1.78. The van der Waals surface area contributed by atoms with Crippen molar-refractivity contribution in [1.29, 1.82) is 5.26 Å². The van der Waals surface area contributed by atoms with Crippen molar-refractivity contribution in [3.05, 3.63) is 40.4 Å². The molecule has 1 rings (SSSR count). The van der Waals surface area contributed by atoms with Crippen molar-refractivity contribution in [3.8, 4) is 6.19 Å². The first-order chi connectivity index (χ1) is 9.54. The molecule has 0 saturated carbocycles. The van der Waals surface area contributed by atoms with Gasteiger partial charge in [-0.3, -0.25) is 4.79 Å². The fourth-order valence-electron chi connectivity index (χ4n) is 1.15. The summed E-state index contributed by atoms with van der Waals surface area (Å²) < 4.78 is 0.957. The second kappa shape index (κ2) is 12.4. The summed E-state index contributed by atoms with van der Waals surface area (Å²) in [6.45, 7) is 9.84. The molecular formula is C16H23BrN2O. The highest BCUT2D eigenvalue weighted by Crippen LogP contribution is 2.18. The van der Waals surface area contributed by atoms with Gasteiger partial charge in [0.2, 0.25) is 0 Å². The minimum Gasteiger partial charge on any atom is -0.269 e. The van der Waals surface area contributed by atoms with Gasteiger partial charge in [-0.1, -0.05) is 55.8 Å². The van der Waals surface area contributed by atoms with Crippen LogP contribution in [-0.2, 0) is 4.79 Å². The van der Waals surface area contributed by atoms with Gasteiger partial charge in [0.1, 0.15) is 0 Å². The molecule has 20 heavy (non-hydrogen) atoms. The van der Waals surface area contributed by atoms with Crippen molar-refractivity contribution in [3.63, 3.8) is 0 Å². The summed E-state index contributed by atoms with van der Waals surface area (Å²) >= 11 is 3.36. The summed E-state index contributed by atoms with van der Waals surface area (Å²) in [5.74, 6) is -0.319. The molecule has 0 N–H and O–H groups in total. The average molecular weight is 339 g/mol. The molecule has 0 aliphatic heterocycles. The summed E-state index contributed by atoms with van der Waals surface area (Å²) in [5, 5.41) is 8.55. The van der Waals surface area contributed by atoms with Crippen LogP contribution in [0.3, 0.4) is 0 Å². The number of hydrogen-bond donors (Lipinski definition) is 0. The molecule has 0 aliphatic rings. The van der Waals surface area contributed by atoms with E-state index in [1.165, 1.54) is 13.1 Å². The number of carbonyl (C=O) groups excluding carboxylic acids is 1. The highest BCUT2D eigenvalue weighted by atomic mass is 79.9. The molecule has 0 radical (unpaired) electrons. The van der Waals surface area contributed by atoms with Gasteiger partial charge in [-0.25, -0.2) is 4.90 Å². The van der Waals surface area contributed by atoms with Crippen molar-refractivity contribution in [2.45, 2.75) is 34.6 Å². The Morgan fingerprint density at radius 2 is 1.85 bits per heavy atom. The van der Waals surface area contributed by atoms with Crippen molar-refractivity contribution in [2.75, 3.05) is 7.05 Å². The second-order valence-corrected chi connectivity index (χ2v) is 4.25. The Bertz CT molecular complexity index is 476. The predicted molar refractivity (Wildman–Crippen MR) is 88.9 cm³/mol.